The third-order valence-corrected chi connectivity index (χ3v) is 5.31. The summed E-state index contributed by atoms with van der Waals surface area (Å²) in [5.74, 6) is -1.45. The first-order valence-corrected chi connectivity index (χ1v) is 10.5. The lowest BCUT2D eigenvalue weighted by Crippen LogP contribution is -2.29. The van der Waals surface area contributed by atoms with Crippen LogP contribution in [0, 0.1) is 11.6 Å². The van der Waals surface area contributed by atoms with Crippen LogP contribution in [0.3, 0.4) is 0 Å². The number of carbonyl (C=O) groups is 1. The first kappa shape index (κ1) is 20.5. The van der Waals surface area contributed by atoms with E-state index in [2.05, 4.69) is 5.32 Å². The summed E-state index contributed by atoms with van der Waals surface area (Å²) in [6.07, 6.45) is 1.03. The van der Waals surface area contributed by atoms with Gasteiger partial charge >= 0.3 is 0 Å². The van der Waals surface area contributed by atoms with Crippen molar-refractivity contribution in [3.05, 3.63) is 95.6 Å². The van der Waals surface area contributed by atoms with Gasteiger partial charge in [-0.3, -0.25) is 9.10 Å². The van der Waals surface area contributed by atoms with E-state index in [-0.39, 0.29) is 23.4 Å². The van der Waals surface area contributed by atoms with Crippen molar-refractivity contribution in [3.63, 3.8) is 0 Å². The predicted octanol–water partition coefficient (Wildman–Crippen LogP) is 4.18. The number of rotatable bonds is 6. The van der Waals surface area contributed by atoms with Crippen molar-refractivity contribution < 1.29 is 22.0 Å². The van der Waals surface area contributed by atoms with Crippen LogP contribution >= 0.6 is 0 Å². The highest BCUT2D eigenvalue weighted by Gasteiger charge is 2.20. The number of hydrogen-bond acceptors (Lipinski definition) is 3. The Labute approximate surface area is 167 Å². The number of carbonyl (C=O) groups excluding carboxylic acids is 1. The quantitative estimate of drug-likeness (QED) is 0.656. The van der Waals surface area contributed by atoms with Crippen LogP contribution in [0.4, 0.5) is 20.2 Å². The Morgan fingerprint density at radius 3 is 2.28 bits per heavy atom. The van der Waals surface area contributed by atoms with Gasteiger partial charge in [0.15, 0.2) is 0 Å². The standard InChI is InChI=1S/C21H18F2N2O3S/c1-29(27,28)25(14-16-5-2-3-8-20(16)23)19-11-9-15(10-12-19)21(26)24-18-7-4-6-17(22)13-18/h2-13H,14H2,1H3,(H,24,26). The summed E-state index contributed by atoms with van der Waals surface area (Å²) in [5.41, 5.74) is 1.08. The Bertz CT molecular complexity index is 1130. The minimum absolute atomic E-state index is 0.180. The maximum absolute atomic E-state index is 14.0. The van der Waals surface area contributed by atoms with E-state index in [1.165, 1.54) is 60.7 Å². The van der Waals surface area contributed by atoms with Gasteiger partial charge in [-0.1, -0.05) is 24.3 Å². The number of nitrogens with zero attached hydrogens (tertiary/aromatic N) is 1. The second-order valence-corrected chi connectivity index (χ2v) is 8.28. The van der Waals surface area contributed by atoms with Crippen LogP contribution in [0.1, 0.15) is 15.9 Å². The molecule has 0 fully saturated rings. The molecule has 1 N–H and O–H groups in total. The number of hydrogen-bond donors (Lipinski definition) is 1. The summed E-state index contributed by atoms with van der Waals surface area (Å²) in [6.45, 7) is -0.180. The third-order valence-electron chi connectivity index (χ3n) is 4.17. The molecule has 0 aliphatic heterocycles. The Morgan fingerprint density at radius 2 is 1.66 bits per heavy atom. The molecule has 0 bridgehead atoms. The van der Waals surface area contributed by atoms with Crippen molar-refractivity contribution >= 4 is 27.3 Å². The average Bonchev–Trinajstić information content (AvgIpc) is 2.66. The molecule has 5 nitrogen and oxygen atoms in total. The maximum Gasteiger partial charge on any atom is 0.255 e. The summed E-state index contributed by atoms with van der Waals surface area (Å²) in [4.78, 5) is 12.3. The zero-order chi connectivity index (χ0) is 21.0. The van der Waals surface area contributed by atoms with Crippen LogP contribution in [-0.4, -0.2) is 20.6 Å². The van der Waals surface area contributed by atoms with Crippen LogP contribution in [0.5, 0.6) is 0 Å². The number of amides is 1. The number of sulfonamides is 1. The molecule has 0 saturated carbocycles. The van der Waals surface area contributed by atoms with Gasteiger partial charge in [0.1, 0.15) is 11.6 Å². The predicted molar refractivity (Wildman–Crippen MR) is 108 cm³/mol. The van der Waals surface area contributed by atoms with Crippen LogP contribution in [0.25, 0.3) is 0 Å². The minimum Gasteiger partial charge on any atom is -0.322 e. The molecular weight excluding hydrogens is 398 g/mol. The summed E-state index contributed by atoms with van der Waals surface area (Å²) < 4.78 is 52.7. The fraction of sp³-hybridized carbons (Fsp3) is 0.0952. The van der Waals surface area contributed by atoms with Gasteiger partial charge in [0, 0.05) is 16.8 Å². The van der Waals surface area contributed by atoms with Gasteiger partial charge in [-0.2, -0.15) is 0 Å². The van der Waals surface area contributed by atoms with Crippen LogP contribution in [0.15, 0.2) is 72.8 Å². The largest absolute Gasteiger partial charge is 0.322 e. The van der Waals surface area contributed by atoms with Gasteiger partial charge in [0.2, 0.25) is 10.0 Å². The molecule has 0 atom stereocenters. The third kappa shape index (κ3) is 5.17. The van der Waals surface area contributed by atoms with Crippen molar-refractivity contribution in [2.45, 2.75) is 6.54 Å². The van der Waals surface area contributed by atoms with Crippen molar-refractivity contribution in [2.24, 2.45) is 0 Å². The molecule has 0 aliphatic carbocycles. The van der Waals surface area contributed by atoms with E-state index < -0.39 is 27.6 Å². The van der Waals surface area contributed by atoms with Gasteiger partial charge in [-0.15, -0.1) is 0 Å². The molecule has 0 heterocycles. The number of nitrogens with one attached hydrogen (secondary N) is 1. The van der Waals surface area contributed by atoms with Crippen LogP contribution < -0.4 is 9.62 Å². The Morgan fingerprint density at radius 1 is 0.966 bits per heavy atom. The van der Waals surface area contributed by atoms with Crippen LogP contribution in [0.2, 0.25) is 0 Å². The number of anilines is 2. The smallest absolute Gasteiger partial charge is 0.255 e. The second kappa shape index (κ2) is 8.40. The summed E-state index contributed by atoms with van der Waals surface area (Å²) in [7, 11) is -3.69. The number of halogens is 2. The van der Waals surface area contributed by atoms with Gasteiger partial charge in [-0.25, -0.2) is 17.2 Å². The summed E-state index contributed by atoms with van der Waals surface area (Å²) in [5, 5.41) is 2.56. The Balaban J connectivity index is 1.82. The highest BCUT2D eigenvalue weighted by atomic mass is 32.2. The molecule has 3 aromatic carbocycles. The lowest BCUT2D eigenvalue weighted by molar-refractivity contribution is 0.102. The lowest BCUT2D eigenvalue weighted by Gasteiger charge is -2.23. The molecule has 0 aliphatic rings. The van der Waals surface area contributed by atoms with E-state index in [4.69, 9.17) is 0 Å². The highest BCUT2D eigenvalue weighted by Crippen LogP contribution is 2.23. The van der Waals surface area contributed by atoms with Gasteiger partial charge in [0.25, 0.3) is 5.91 Å². The lowest BCUT2D eigenvalue weighted by atomic mass is 10.1. The zero-order valence-electron chi connectivity index (χ0n) is 15.5. The monoisotopic (exact) mass is 416 g/mol. The molecule has 0 aromatic heterocycles. The van der Waals surface area contributed by atoms with Crippen LogP contribution in [-0.2, 0) is 16.6 Å². The van der Waals surface area contributed by atoms with Crippen molar-refractivity contribution in [1.82, 2.24) is 0 Å². The molecule has 1 amide bonds. The molecule has 3 rings (SSSR count). The molecule has 3 aromatic rings. The van der Waals surface area contributed by atoms with E-state index in [0.29, 0.717) is 5.69 Å². The summed E-state index contributed by atoms with van der Waals surface area (Å²) >= 11 is 0. The second-order valence-electron chi connectivity index (χ2n) is 6.37. The first-order chi connectivity index (χ1) is 13.7. The van der Waals surface area contributed by atoms with E-state index in [0.717, 1.165) is 10.6 Å². The van der Waals surface area contributed by atoms with E-state index >= 15 is 0 Å². The first-order valence-electron chi connectivity index (χ1n) is 8.62. The topological polar surface area (TPSA) is 66.5 Å². The SMILES string of the molecule is CS(=O)(=O)N(Cc1ccccc1F)c1ccc(C(=O)Nc2cccc(F)c2)cc1. The molecule has 8 heteroatoms. The fourth-order valence-electron chi connectivity index (χ4n) is 2.73. The summed E-state index contributed by atoms with van der Waals surface area (Å²) in [6, 6.07) is 17.2. The van der Waals surface area contributed by atoms with E-state index in [1.54, 1.807) is 12.1 Å². The average molecular weight is 416 g/mol. The molecule has 150 valence electrons. The molecule has 0 spiro atoms. The normalized spacial score (nSPS) is 11.1. The van der Waals surface area contributed by atoms with E-state index in [1.807, 2.05) is 0 Å². The Kier molecular flexibility index (Phi) is 5.93. The fourth-order valence-corrected chi connectivity index (χ4v) is 3.61. The maximum atomic E-state index is 14.0. The van der Waals surface area contributed by atoms with Gasteiger partial charge < -0.3 is 5.32 Å². The molecule has 29 heavy (non-hydrogen) atoms. The van der Waals surface area contributed by atoms with Crippen molar-refractivity contribution in [2.75, 3.05) is 15.9 Å². The highest BCUT2D eigenvalue weighted by molar-refractivity contribution is 7.92. The Hall–Kier alpha value is -3.26. The molecular formula is C21H18F2N2O3S. The minimum atomic E-state index is -3.69. The van der Waals surface area contributed by atoms with Gasteiger partial charge in [0.05, 0.1) is 18.5 Å². The van der Waals surface area contributed by atoms with Gasteiger partial charge in [-0.05, 0) is 48.5 Å². The molecule has 0 saturated heterocycles. The molecule has 0 radical (unpaired) electrons. The van der Waals surface area contributed by atoms with Crippen molar-refractivity contribution in [1.29, 1.82) is 0 Å². The molecule has 0 unspecified atom stereocenters. The van der Waals surface area contributed by atoms with Crippen molar-refractivity contribution in [3.8, 4) is 0 Å². The van der Waals surface area contributed by atoms with E-state index in [9.17, 15) is 22.0 Å². The number of benzene rings is 3. The zero-order valence-corrected chi connectivity index (χ0v) is 16.3.